The molecule has 0 aromatic rings. The van der Waals surface area contributed by atoms with E-state index in [0.29, 0.717) is 18.0 Å². The molecule has 0 spiro atoms. The van der Waals surface area contributed by atoms with Crippen LogP contribution in [0.4, 0.5) is 0 Å². The number of hydrogen-bond acceptors (Lipinski definition) is 1. The van der Waals surface area contributed by atoms with Crippen LogP contribution in [0.2, 0.25) is 0 Å². The zero-order chi connectivity index (χ0) is 6.15. The minimum atomic E-state index is 0. The van der Waals surface area contributed by atoms with Crippen molar-refractivity contribution in [3.05, 3.63) is 13.8 Å². The molecule has 160 valence electrons. The molecular formula is C7H13NW19. The third-order valence-electron chi connectivity index (χ3n) is 1.72. The van der Waals surface area contributed by atoms with Crippen LogP contribution in [0.3, 0.4) is 0 Å². The average molecular weight is 3600 g/mol. The smallest absolute Gasteiger partial charge is 0.343 e. The number of hydrogen-bond donors (Lipinski definition) is 1. The molecular weight excluding hydrogens is 3590 g/mol. The van der Waals surface area contributed by atoms with Crippen LogP contribution < -0.4 is 5.32 Å². The van der Waals surface area contributed by atoms with E-state index in [0.717, 1.165) is 0 Å². The van der Waals surface area contributed by atoms with Crippen LogP contribution in [0.1, 0.15) is 13.3 Å². The van der Waals surface area contributed by atoms with Gasteiger partial charge in [0, 0.05) is 379 Å². The molecule has 1 aliphatic rings. The fraction of sp³-hybridized carbons (Fsp3) is 0.714. The first-order chi connectivity index (χ1) is 3.70. The monoisotopic (exact) mass is 3610 g/mol. The van der Waals surface area contributed by atoms with Gasteiger partial charge in [0.05, 0.1) is 0 Å². The minimum Gasteiger partial charge on any atom is -0.343 e. The zero-order valence-electron chi connectivity index (χ0n) is 13.1. The topological polar surface area (TPSA) is 12.0 Å². The van der Waals surface area contributed by atoms with E-state index in [9.17, 15) is 0 Å². The van der Waals surface area contributed by atoms with Gasteiger partial charge in [0.25, 0.3) is 0 Å². The maximum Gasteiger partial charge on any atom is 2.00 e. The number of nitrogens with one attached hydrogen (secondary N) is 1. The predicted molar refractivity (Wildman–Crippen MR) is 35.2 cm³/mol. The van der Waals surface area contributed by atoms with Crippen molar-refractivity contribution >= 4 is 0 Å². The fourth-order valence-corrected chi connectivity index (χ4v) is 1.19. The molecule has 0 saturated carbocycles. The minimum absolute atomic E-state index is 0. The van der Waals surface area contributed by atoms with Crippen molar-refractivity contribution < 1.29 is 400 Å². The largest absolute Gasteiger partial charge is 2.00 e. The Morgan fingerprint density at radius 3 is 0.741 bits per heavy atom. The third kappa shape index (κ3) is 85.4. The third-order valence-corrected chi connectivity index (χ3v) is 1.72. The first-order valence-electron chi connectivity index (χ1n) is 3.12. The van der Waals surface area contributed by atoms with Crippen LogP contribution in [0.15, 0.2) is 0 Å². The van der Waals surface area contributed by atoms with E-state index < -0.39 is 0 Å². The van der Waals surface area contributed by atoms with Gasteiger partial charge >= 0.3 is 21.1 Å². The molecule has 0 radical (unpaired) electrons. The van der Waals surface area contributed by atoms with Crippen LogP contribution in [0, 0.1) is 19.8 Å². The molecule has 3 unspecified atom stereocenters. The molecule has 1 fully saturated rings. The molecule has 0 aliphatic carbocycles. The van der Waals surface area contributed by atoms with Crippen molar-refractivity contribution in [2.24, 2.45) is 5.92 Å². The van der Waals surface area contributed by atoms with Crippen molar-refractivity contribution in [2.75, 3.05) is 0 Å². The Labute approximate surface area is 439 Å². The van der Waals surface area contributed by atoms with Crippen molar-refractivity contribution in [1.29, 1.82) is 0 Å². The molecule has 3 atom stereocenters. The van der Waals surface area contributed by atoms with Gasteiger partial charge in [-0.05, 0) is 13.0 Å². The molecule has 20 heteroatoms. The Balaban J connectivity index is -0.00000000198. The summed E-state index contributed by atoms with van der Waals surface area (Å²) in [6, 6.07) is 1.00. The van der Waals surface area contributed by atoms with Gasteiger partial charge in [0.1, 0.15) is 0 Å². The quantitative estimate of drug-likeness (QED) is 0.358. The van der Waals surface area contributed by atoms with E-state index in [1.165, 1.54) is 6.42 Å². The molecule has 0 bridgehead atoms. The molecule has 1 heterocycles. The van der Waals surface area contributed by atoms with Gasteiger partial charge in [-0.3, -0.25) is 0 Å². The van der Waals surface area contributed by atoms with E-state index in [4.69, 9.17) is 0 Å². The predicted octanol–water partition coefficient (Wildman–Crippen LogP) is 0.974. The van der Waals surface area contributed by atoms with E-state index in [-0.39, 0.29) is 400 Å². The van der Waals surface area contributed by atoms with Crippen molar-refractivity contribution in [3.8, 4) is 0 Å². The second-order valence-corrected chi connectivity index (χ2v) is 2.67. The Morgan fingerprint density at radius 2 is 0.704 bits per heavy atom. The van der Waals surface area contributed by atoms with Crippen molar-refractivity contribution in [2.45, 2.75) is 25.4 Å². The molecule has 1 nitrogen and oxygen atoms in total. The SMILES string of the molecule is [CH2-]C1CC(C)NC1[CH2-].[W+2].[W].[W].[W].[W].[W].[W].[W].[W].[W].[W].[W].[W].[W].[W].[W].[W].[W].[W]. The molecule has 0 aromatic heterocycles. The summed E-state index contributed by atoms with van der Waals surface area (Å²) in [7, 11) is 0. The van der Waals surface area contributed by atoms with Gasteiger partial charge in [0.2, 0.25) is 0 Å². The van der Waals surface area contributed by atoms with Crippen molar-refractivity contribution in [3.63, 3.8) is 0 Å². The summed E-state index contributed by atoms with van der Waals surface area (Å²) in [4.78, 5) is 0. The molecule has 1 rings (SSSR count). The summed E-state index contributed by atoms with van der Waals surface area (Å²) < 4.78 is 0. The fourth-order valence-electron chi connectivity index (χ4n) is 1.19. The second kappa shape index (κ2) is 97.8. The Bertz CT molecular complexity index is 94.1. The van der Waals surface area contributed by atoms with Gasteiger partial charge in [0.15, 0.2) is 0 Å². The molecule has 27 heavy (non-hydrogen) atoms. The first-order valence-corrected chi connectivity index (χ1v) is 3.12. The normalized spacial score (nSPS) is 14.1. The van der Waals surface area contributed by atoms with E-state index >= 15 is 0 Å². The molecule has 0 amide bonds. The zero-order valence-corrected chi connectivity index (χ0v) is 68.8. The van der Waals surface area contributed by atoms with Crippen LogP contribution in [0.25, 0.3) is 0 Å². The summed E-state index contributed by atoms with van der Waals surface area (Å²) in [6.45, 7) is 10.0. The summed E-state index contributed by atoms with van der Waals surface area (Å²) in [5.74, 6) is 0.519. The maximum atomic E-state index is 3.94. The summed E-state index contributed by atoms with van der Waals surface area (Å²) in [5, 5.41) is 3.29. The number of rotatable bonds is 0. The molecule has 1 saturated heterocycles. The maximum absolute atomic E-state index is 3.94. The van der Waals surface area contributed by atoms with Crippen LogP contribution in [-0.4, -0.2) is 12.1 Å². The van der Waals surface area contributed by atoms with E-state index in [1.54, 1.807) is 0 Å². The van der Waals surface area contributed by atoms with Gasteiger partial charge < -0.3 is 19.2 Å². The van der Waals surface area contributed by atoms with Crippen molar-refractivity contribution in [1.82, 2.24) is 5.32 Å². The summed E-state index contributed by atoms with van der Waals surface area (Å²) in [5.41, 5.74) is 0. The molecule has 1 aliphatic heterocycles. The van der Waals surface area contributed by atoms with Gasteiger partial charge in [-0.15, -0.1) is 6.04 Å². The molecule has 1 N–H and O–H groups in total. The second-order valence-electron chi connectivity index (χ2n) is 2.67. The van der Waals surface area contributed by atoms with Gasteiger partial charge in [-0.1, -0.05) is 6.42 Å². The van der Waals surface area contributed by atoms with Gasteiger partial charge in [-0.2, -0.15) is 5.92 Å². The summed E-state index contributed by atoms with van der Waals surface area (Å²) >= 11 is 0. The van der Waals surface area contributed by atoms with Crippen LogP contribution in [-0.2, 0) is 400 Å². The molecule has 0 aromatic carbocycles. The van der Waals surface area contributed by atoms with E-state index in [2.05, 4.69) is 26.1 Å². The van der Waals surface area contributed by atoms with Crippen LogP contribution >= 0.6 is 0 Å². The average Bonchev–Trinajstić information content (AvgIpc) is 1.85. The Hall–Kier alpha value is 13.0. The van der Waals surface area contributed by atoms with Gasteiger partial charge in [-0.25, -0.2) is 0 Å². The summed E-state index contributed by atoms with van der Waals surface area (Å²) in [6.07, 6.45) is 1.17. The Morgan fingerprint density at radius 1 is 0.519 bits per heavy atom. The standard InChI is InChI=1S/C7H13N.19W/c1-5-4-6(2)8-7(5)3;;;;;;;;;;;;;;;;;;;/h5-8H,1,3-4H2,2H3;;;;;;;;;;;;;;;;;;;/q-2;;;;;;;;;;;;;;;;;;;+2. The van der Waals surface area contributed by atoms with E-state index in [1.807, 2.05) is 0 Å². The Kier molecular flexibility index (Phi) is 499. The first kappa shape index (κ1) is 138. The van der Waals surface area contributed by atoms with Crippen LogP contribution in [0.5, 0.6) is 0 Å².